The van der Waals surface area contributed by atoms with Crippen LogP contribution in [0.4, 0.5) is 5.00 Å². The van der Waals surface area contributed by atoms with Gasteiger partial charge in [0.25, 0.3) is 0 Å². The maximum atomic E-state index is 12.6. The van der Waals surface area contributed by atoms with Crippen LogP contribution in [0.3, 0.4) is 0 Å². The van der Waals surface area contributed by atoms with Crippen molar-refractivity contribution in [3.63, 3.8) is 0 Å². The van der Waals surface area contributed by atoms with Crippen LogP contribution in [0, 0.1) is 0 Å². The zero-order valence-electron chi connectivity index (χ0n) is 15.4. The average Bonchev–Trinajstić information content (AvgIpc) is 3.11. The molecule has 0 saturated heterocycles. The van der Waals surface area contributed by atoms with Crippen molar-refractivity contribution in [3.8, 4) is 11.1 Å². The minimum atomic E-state index is -0.493. The van der Waals surface area contributed by atoms with Crippen LogP contribution >= 0.6 is 34.5 Å². The van der Waals surface area contributed by atoms with E-state index in [2.05, 4.69) is 5.32 Å². The van der Waals surface area contributed by atoms with E-state index in [0.29, 0.717) is 26.2 Å². The molecule has 0 saturated carbocycles. The lowest BCUT2D eigenvalue weighted by molar-refractivity contribution is -0.111. The fourth-order valence-electron chi connectivity index (χ4n) is 2.63. The second-order valence-electron chi connectivity index (χ2n) is 5.96. The summed E-state index contributed by atoms with van der Waals surface area (Å²) in [6.45, 7) is 1.97. The van der Waals surface area contributed by atoms with Crippen molar-refractivity contribution in [3.05, 3.63) is 81.2 Å². The molecule has 2 aromatic carbocycles. The molecule has 0 aliphatic rings. The van der Waals surface area contributed by atoms with Crippen molar-refractivity contribution in [2.24, 2.45) is 0 Å². The van der Waals surface area contributed by atoms with E-state index in [4.69, 9.17) is 27.9 Å². The number of nitrogens with one attached hydrogen (secondary N) is 1. The molecule has 148 valence electrons. The summed E-state index contributed by atoms with van der Waals surface area (Å²) in [5.74, 6) is -0.854. The Morgan fingerprint density at radius 2 is 1.86 bits per heavy atom. The van der Waals surface area contributed by atoms with E-state index in [1.807, 2.05) is 23.6 Å². The molecule has 0 aliphatic carbocycles. The number of esters is 1. The standard InChI is InChI=1S/C22H17Cl2NO3S/c1-2-28-22(27)20-18(15-7-9-16(23)10-8-15)13-29-21(20)25-19(26)11-6-14-4-3-5-17(24)12-14/h3-13H,2H2,1H3,(H,25,26)/b11-6+. The second kappa shape index (κ2) is 9.74. The van der Waals surface area contributed by atoms with E-state index in [9.17, 15) is 9.59 Å². The van der Waals surface area contributed by atoms with Crippen molar-refractivity contribution < 1.29 is 14.3 Å². The Kier molecular flexibility index (Phi) is 7.09. The number of carbonyl (C=O) groups is 2. The van der Waals surface area contributed by atoms with Crippen molar-refractivity contribution in [1.29, 1.82) is 0 Å². The third kappa shape index (κ3) is 5.48. The summed E-state index contributed by atoms with van der Waals surface area (Å²) in [6.07, 6.45) is 3.04. The topological polar surface area (TPSA) is 55.4 Å². The third-order valence-corrected chi connectivity index (χ3v) is 5.32. The van der Waals surface area contributed by atoms with Gasteiger partial charge in [-0.05, 0) is 48.4 Å². The summed E-state index contributed by atoms with van der Waals surface area (Å²) in [5, 5.41) is 6.19. The van der Waals surface area contributed by atoms with Crippen LogP contribution in [-0.4, -0.2) is 18.5 Å². The molecule has 1 heterocycles. The number of benzene rings is 2. The van der Waals surface area contributed by atoms with Crippen molar-refractivity contribution in [1.82, 2.24) is 0 Å². The van der Waals surface area contributed by atoms with Gasteiger partial charge in [0.1, 0.15) is 10.6 Å². The Morgan fingerprint density at radius 3 is 2.55 bits per heavy atom. The summed E-state index contributed by atoms with van der Waals surface area (Å²) < 4.78 is 5.19. The summed E-state index contributed by atoms with van der Waals surface area (Å²) in [4.78, 5) is 25.0. The first-order chi connectivity index (χ1) is 14.0. The van der Waals surface area contributed by atoms with Gasteiger partial charge in [-0.15, -0.1) is 11.3 Å². The maximum Gasteiger partial charge on any atom is 0.341 e. The fourth-order valence-corrected chi connectivity index (χ4v) is 3.92. The first-order valence-corrected chi connectivity index (χ1v) is 10.4. The predicted octanol–water partition coefficient (Wildman–Crippen LogP) is 6.55. The van der Waals surface area contributed by atoms with E-state index in [-0.39, 0.29) is 12.5 Å². The quantitative estimate of drug-likeness (QED) is 0.345. The summed E-state index contributed by atoms with van der Waals surface area (Å²) in [6, 6.07) is 14.3. The van der Waals surface area contributed by atoms with E-state index in [0.717, 1.165) is 11.1 Å². The number of thiophene rings is 1. The van der Waals surface area contributed by atoms with Crippen LogP contribution in [0.2, 0.25) is 10.0 Å². The maximum absolute atomic E-state index is 12.6. The van der Waals surface area contributed by atoms with E-state index in [1.54, 1.807) is 43.3 Å². The highest BCUT2D eigenvalue weighted by Gasteiger charge is 2.22. The van der Waals surface area contributed by atoms with E-state index >= 15 is 0 Å². The van der Waals surface area contributed by atoms with Gasteiger partial charge in [-0.25, -0.2) is 4.79 Å². The van der Waals surface area contributed by atoms with Crippen LogP contribution in [0.1, 0.15) is 22.8 Å². The lowest BCUT2D eigenvalue weighted by Gasteiger charge is -2.08. The largest absolute Gasteiger partial charge is 0.462 e. The smallest absolute Gasteiger partial charge is 0.341 e. The molecule has 0 atom stereocenters. The first-order valence-electron chi connectivity index (χ1n) is 8.77. The second-order valence-corrected chi connectivity index (χ2v) is 7.71. The molecular weight excluding hydrogens is 429 g/mol. The normalized spacial score (nSPS) is 10.9. The number of ether oxygens (including phenoxy) is 1. The van der Waals surface area contributed by atoms with Crippen molar-refractivity contribution >= 4 is 57.5 Å². The van der Waals surface area contributed by atoms with Crippen LogP contribution in [0.25, 0.3) is 17.2 Å². The zero-order chi connectivity index (χ0) is 20.8. The Morgan fingerprint density at radius 1 is 1.10 bits per heavy atom. The molecule has 0 unspecified atom stereocenters. The summed E-state index contributed by atoms with van der Waals surface area (Å²) in [5.41, 5.74) is 2.61. The minimum absolute atomic E-state index is 0.233. The molecule has 29 heavy (non-hydrogen) atoms. The molecule has 1 aromatic heterocycles. The predicted molar refractivity (Wildman–Crippen MR) is 120 cm³/mol. The molecule has 4 nitrogen and oxygen atoms in total. The molecule has 1 N–H and O–H groups in total. The summed E-state index contributed by atoms with van der Waals surface area (Å²) >= 11 is 13.2. The van der Waals surface area contributed by atoms with Gasteiger partial charge in [0.05, 0.1) is 6.61 Å². The molecule has 1 amide bonds. The van der Waals surface area contributed by atoms with Crippen molar-refractivity contribution in [2.75, 3.05) is 11.9 Å². The Labute approximate surface area is 182 Å². The molecule has 0 bridgehead atoms. The van der Waals surface area contributed by atoms with Gasteiger partial charge in [0.2, 0.25) is 5.91 Å². The highest BCUT2D eigenvalue weighted by molar-refractivity contribution is 7.15. The van der Waals surface area contributed by atoms with Gasteiger partial charge in [-0.1, -0.05) is 47.5 Å². The molecule has 3 rings (SSSR count). The van der Waals surface area contributed by atoms with Gasteiger partial charge >= 0.3 is 5.97 Å². The molecular formula is C22H17Cl2NO3S. The van der Waals surface area contributed by atoms with E-state index < -0.39 is 5.97 Å². The van der Waals surface area contributed by atoms with Gasteiger partial charge in [-0.2, -0.15) is 0 Å². The molecule has 0 spiro atoms. The van der Waals surface area contributed by atoms with Crippen LogP contribution in [0.15, 0.2) is 60.0 Å². The van der Waals surface area contributed by atoms with Gasteiger partial charge in [-0.3, -0.25) is 4.79 Å². The molecule has 0 radical (unpaired) electrons. The fraction of sp³-hybridized carbons (Fsp3) is 0.0909. The molecule has 3 aromatic rings. The van der Waals surface area contributed by atoms with Crippen LogP contribution < -0.4 is 5.32 Å². The lowest BCUT2D eigenvalue weighted by Crippen LogP contribution is -2.12. The number of carbonyl (C=O) groups excluding carboxylic acids is 2. The Balaban J connectivity index is 1.87. The van der Waals surface area contributed by atoms with Crippen LogP contribution in [0.5, 0.6) is 0 Å². The minimum Gasteiger partial charge on any atom is -0.462 e. The number of halogens is 2. The average molecular weight is 446 g/mol. The number of hydrogen-bond donors (Lipinski definition) is 1. The lowest BCUT2D eigenvalue weighted by atomic mass is 10.0. The number of amides is 1. The molecule has 0 aliphatic heterocycles. The highest BCUT2D eigenvalue weighted by Crippen LogP contribution is 2.36. The molecule has 0 fully saturated rings. The summed E-state index contributed by atoms with van der Waals surface area (Å²) in [7, 11) is 0. The Bertz CT molecular complexity index is 1060. The van der Waals surface area contributed by atoms with Gasteiger partial charge in [0, 0.05) is 27.1 Å². The number of anilines is 1. The highest BCUT2D eigenvalue weighted by atomic mass is 35.5. The van der Waals surface area contributed by atoms with Crippen LogP contribution in [-0.2, 0) is 9.53 Å². The number of hydrogen-bond acceptors (Lipinski definition) is 4. The third-order valence-electron chi connectivity index (χ3n) is 3.94. The van der Waals surface area contributed by atoms with Crippen molar-refractivity contribution in [2.45, 2.75) is 6.92 Å². The number of rotatable bonds is 6. The van der Waals surface area contributed by atoms with Gasteiger partial charge in [0.15, 0.2) is 0 Å². The zero-order valence-corrected chi connectivity index (χ0v) is 17.8. The Hall–Kier alpha value is -2.60. The van der Waals surface area contributed by atoms with E-state index in [1.165, 1.54) is 17.4 Å². The van der Waals surface area contributed by atoms with Gasteiger partial charge < -0.3 is 10.1 Å². The monoisotopic (exact) mass is 445 g/mol. The SMILES string of the molecule is CCOC(=O)c1c(-c2ccc(Cl)cc2)csc1NC(=O)/C=C/c1cccc(Cl)c1. The first kappa shape index (κ1) is 21.1. The molecule has 7 heteroatoms.